The summed E-state index contributed by atoms with van der Waals surface area (Å²) in [6, 6.07) is 27.3. The zero-order valence-electron chi connectivity index (χ0n) is 25.8. The topological polar surface area (TPSA) is 122 Å². The number of nitro groups is 1. The molecule has 1 aromatic heterocycles. The molecule has 48 heavy (non-hydrogen) atoms. The zero-order chi connectivity index (χ0) is 33.8. The van der Waals surface area contributed by atoms with Gasteiger partial charge in [0.1, 0.15) is 18.1 Å². The number of nitro benzene ring substituents is 1. The van der Waals surface area contributed by atoms with Gasteiger partial charge in [-0.25, -0.2) is 9.79 Å². The Morgan fingerprint density at radius 1 is 1.04 bits per heavy atom. The largest absolute Gasteiger partial charge is 0.497 e. The summed E-state index contributed by atoms with van der Waals surface area (Å²) in [6.07, 6.45) is 1.74. The van der Waals surface area contributed by atoms with Crippen molar-refractivity contribution in [3.8, 4) is 11.5 Å². The Balaban J connectivity index is 1.50. The van der Waals surface area contributed by atoms with Crippen molar-refractivity contribution in [2.24, 2.45) is 4.99 Å². The number of aromatic nitrogens is 1. The number of ether oxygens (including phenoxy) is 3. The first-order chi connectivity index (χ1) is 23.3. The van der Waals surface area contributed by atoms with E-state index in [0.29, 0.717) is 43.2 Å². The van der Waals surface area contributed by atoms with Crippen LogP contribution in [0.15, 0.2) is 117 Å². The van der Waals surface area contributed by atoms with E-state index in [1.54, 1.807) is 50.4 Å². The van der Waals surface area contributed by atoms with Crippen molar-refractivity contribution < 1.29 is 23.9 Å². The number of rotatable bonds is 10. The maximum absolute atomic E-state index is 14.3. The highest BCUT2D eigenvalue weighted by Crippen LogP contribution is 2.36. The van der Waals surface area contributed by atoms with Crippen LogP contribution in [0.3, 0.4) is 0 Å². The molecule has 0 spiro atoms. The number of carbonyl (C=O) groups excluding carboxylic acids is 1. The minimum Gasteiger partial charge on any atom is -0.497 e. The molecule has 1 atom stereocenters. The van der Waals surface area contributed by atoms with E-state index in [4.69, 9.17) is 19.2 Å². The lowest BCUT2D eigenvalue weighted by Crippen LogP contribution is -2.40. The molecule has 0 fully saturated rings. The number of halogens is 1. The summed E-state index contributed by atoms with van der Waals surface area (Å²) in [5.41, 5.74) is 3.11. The molecule has 0 saturated heterocycles. The number of fused-ring (bicyclic) bond motifs is 1. The predicted octanol–water partition coefficient (Wildman–Crippen LogP) is 6.19. The lowest BCUT2D eigenvalue weighted by Gasteiger charge is -2.26. The van der Waals surface area contributed by atoms with Crippen LogP contribution in [0, 0.1) is 10.1 Å². The van der Waals surface area contributed by atoms with E-state index in [9.17, 15) is 19.7 Å². The molecule has 0 N–H and O–H groups in total. The molecule has 0 unspecified atom stereocenters. The van der Waals surface area contributed by atoms with Crippen molar-refractivity contribution in [2.45, 2.75) is 19.6 Å². The smallest absolute Gasteiger partial charge is 0.338 e. The van der Waals surface area contributed by atoms with Crippen LogP contribution in [0.1, 0.15) is 35.2 Å². The first-order valence-electron chi connectivity index (χ1n) is 14.9. The van der Waals surface area contributed by atoms with Crippen molar-refractivity contribution >= 4 is 50.7 Å². The molecular formula is C36H28BrN3O7S. The fraction of sp³-hybridized carbons (Fsp3) is 0.139. The highest BCUT2D eigenvalue weighted by atomic mass is 79.9. The summed E-state index contributed by atoms with van der Waals surface area (Å²) < 4.78 is 19.7. The number of non-ortho nitro benzene ring substituents is 1. The van der Waals surface area contributed by atoms with Crippen LogP contribution in [0.5, 0.6) is 11.5 Å². The lowest BCUT2D eigenvalue weighted by molar-refractivity contribution is -0.384. The number of hydrogen-bond donors (Lipinski definition) is 0. The predicted molar refractivity (Wildman–Crippen MR) is 186 cm³/mol. The number of methoxy groups -OCH3 is 1. The van der Waals surface area contributed by atoms with E-state index in [2.05, 4.69) is 15.9 Å². The van der Waals surface area contributed by atoms with Crippen molar-refractivity contribution in [3.05, 3.63) is 159 Å². The minimum absolute atomic E-state index is 0.00654. The van der Waals surface area contributed by atoms with Crippen molar-refractivity contribution in [2.75, 3.05) is 13.7 Å². The van der Waals surface area contributed by atoms with Gasteiger partial charge < -0.3 is 14.2 Å². The molecule has 12 heteroatoms. The normalized spacial score (nSPS) is 14.2. The van der Waals surface area contributed by atoms with Crippen LogP contribution >= 0.6 is 27.3 Å². The van der Waals surface area contributed by atoms with E-state index in [1.807, 2.05) is 54.6 Å². The van der Waals surface area contributed by atoms with E-state index in [-0.39, 0.29) is 30.0 Å². The molecule has 10 nitrogen and oxygen atoms in total. The fourth-order valence-corrected chi connectivity index (χ4v) is 6.69. The van der Waals surface area contributed by atoms with Crippen LogP contribution < -0.4 is 24.4 Å². The number of esters is 1. The van der Waals surface area contributed by atoms with Gasteiger partial charge in [0, 0.05) is 27.7 Å². The lowest BCUT2D eigenvalue weighted by atomic mass is 9.93. The zero-order valence-corrected chi connectivity index (χ0v) is 28.2. The van der Waals surface area contributed by atoms with Gasteiger partial charge >= 0.3 is 5.97 Å². The maximum Gasteiger partial charge on any atom is 0.338 e. The molecule has 6 rings (SSSR count). The average Bonchev–Trinajstić information content (AvgIpc) is 3.41. The molecule has 0 aliphatic carbocycles. The summed E-state index contributed by atoms with van der Waals surface area (Å²) in [5, 5.41) is 11.0. The van der Waals surface area contributed by atoms with Crippen molar-refractivity contribution in [3.63, 3.8) is 0 Å². The van der Waals surface area contributed by atoms with Gasteiger partial charge in [-0.1, -0.05) is 69.7 Å². The number of hydrogen-bond acceptors (Lipinski definition) is 9. The quantitative estimate of drug-likeness (QED) is 0.0956. The van der Waals surface area contributed by atoms with Crippen LogP contribution in [0.2, 0.25) is 0 Å². The molecule has 0 amide bonds. The number of carbonyl (C=O) groups is 1. The standard InChI is InChI=1S/C36H28BrN3O7S/c1-3-46-35(42)31-32(23-7-5-4-6-8-23)38-36-39(33(31)24-11-16-28(45-2)17-12-24)34(41)30(48-36)20-25-19-26(37)13-18-29(25)47-21-22-9-14-27(15-10-22)40(43)44/h4-20,33H,3,21H2,1-2H3/b30-20-/t33-/m0/s1. The van der Waals surface area contributed by atoms with Gasteiger partial charge in [-0.15, -0.1) is 0 Å². The van der Waals surface area contributed by atoms with Crippen LogP contribution in [0.4, 0.5) is 5.69 Å². The van der Waals surface area contributed by atoms with Gasteiger partial charge in [-0.3, -0.25) is 19.5 Å². The van der Waals surface area contributed by atoms with Crippen molar-refractivity contribution in [1.82, 2.24) is 4.57 Å². The highest BCUT2D eigenvalue weighted by Gasteiger charge is 2.35. The number of benzene rings is 4. The minimum atomic E-state index is -0.830. The second-order valence-corrected chi connectivity index (χ2v) is 12.5. The Kier molecular flexibility index (Phi) is 9.65. The van der Waals surface area contributed by atoms with E-state index in [1.165, 1.54) is 28.0 Å². The first-order valence-corrected chi connectivity index (χ1v) is 16.5. The van der Waals surface area contributed by atoms with E-state index in [0.717, 1.165) is 10.0 Å². The Labute approximate surface area is 287 Å². The third kappa shape index (κ3) is 6.71. The van der Waals surface area contributed by atoms with Gasteiger partial charge in [0.15, 0.2) is 4.80 Å². The summed E-state index contributed by atoms with van der Waals surface area (Å²) in [4.78, 5) is 43.9. The molecule has 0 radical (unpaired) electrons. The van der Waals surface area contributed by atoms with E-state index < -0.39 is 16.9 Å². The average molecular weight is 727 g/mol. The summed E-state index contributed by atoms with van der Waals surface area (Å²) >= 11 is 4.72. The third-order valence-electron chi connectivity index (χ3n) is 7.61. The van der Waals surface area contributed by atoms with E-state index >= 15 is 0 Å². The fourth-order valence-electron chi connectivity index (χ4n) is 5.32. The molecule has 1 aliphatic rings. The summed E-state index contributed by atoms with van der Waals surface area (Å²) in [5.74, 6) is 0.572. The molecule has 242 valence electrons. The SMILES string of the molecule is CCOC(=O)C1=C(c2ccccc2)N=c2s/c(=C\c3cc(Br)ccc3OCc3ccc([N+](=O)[O-])cc3)c(=O)n2[C@H]1c1ccc(OC)cc1. The number of nitrogens with zero attached hydrogens (tertiary/aromatic N) is 3. The second kappa shape index (κ2) is 14.2. The van der Waals surface area contributed by atoms with Crippen molar-refractivity contribution in [1.29, 1.82) is 0 Å². The molecule has 0 bridgehead atoms. The molecule has 5 aromatic rings. The third-order valence-corrected chi connectivity index (χ3v) is 9.08. The van der Waals surface area contributed by atoms with Crippen LogP contribution in [-0.2, 0) is 16.1 Å². The Hall–Kier alpha value is -5.33. The van der Waals surface area contributed by atoms with Gasteiger partial charge in [-0.05, 0) is 66.6 Å². The first kappa shape index (κ1) is 32.6. The van der Waals surface area contributed by atoms with Crippen LogP contribution in [0.25, 0.3) is 11.8 Å². The molecule has 1 aliphatic heterocycles. The Morgan fingerprint density at radius 2 is 1.77 bits per heavy atom. The molecular weight excluding hydrogens is 698 g/mol. The summed E-state index contributed by atoms with van der Waals surface area (Å²) in [7, 11) is 1.57. The van der Waals surface area contributed by atoms with Crippen LogP contribution in [-0.4, -0.2) is 29.2 Å². The molecule has 4 aromatic carbocycles. The molecule has 0 saturated carbocycles. The number of thiazole rings is 1. The Morgan fingerprint density at radius 3 is 2.44 bits per heavy atom. The van der Waals surface area contributed by atoms with Gasteiger partial charge in [0.2, 0.25) is 0 Å². The monoisotopic (exact) mass is 725 g/mol. The van der Waals surface area contributed by atoms with Gasteiger partial charge in [0.05, 0.1) is 40.5 Å². The van der Waals surface area contributed by atoms with Gasteiger partial charge in [0.25, 0.3) is 11.2 Å². The second-order valence-electron chi connectivity index (χ2n) is 10.6. The van der Waals surface area contributed by atoms with Gasteiger partial charge in [-0.2, -0.15) is 0 Å². The maximum atomic E-state index is 14.3. The highest BCUT2D eigenvalue weighted by molar-refractivity contribution is 9.10. The molecule has 2 heterocycles. The summed E-state index contributed by atoms with van der Waals surface area (Å²) in [6.45, 7) is 2.04. The Bertz CT molecular complexity index is 2210.